The number of sulfone groups is 1. The van der Waals surface area contributed by atoms with Crippen LogP contribution in [0, 0.1) is 10.1 Å². The van der Waals surface area contributed by atoms with Gasteiger partial charge in [-0.25, -0.2) is 12.6 Å². The molecule has 0 aliphatic rings. The fraction of sp³-hybridized carbons (Fsp3) is 0.143. The largest absolute Gasteiger partial charge is 0.501 e. The maximum absolute atomic E-state index is 12.2. The molecule has 1 N–H and O–H groups in total. The number of nitro groups is 1. The van der Waals surface area contributed by atoms with Crippen LogP contribution in [0.1, 0.15) is 0 Å². The normalized spacial score (nSPS) is 14.1. The summed E-state index contributed by atoms with van der Waals surface area (Å²) in [4.78, 5) is 7.11. The van der Waals surface area contributed by atoms with Gasteiger partial charge in [0, 0.05) is 6.07 Å². The summed E-state index contributed by atoms with van der Waals surface area (Å²) in [5, 5.41) is 10.5. The standard InChI is InChI=1S/C7H4F3NO6S2/c8-7(9,10)19(16,17)4-1-2-6(18(14)15)5(3-4)11(12)13/h1-3H,(H,14,15). The second-order valence-corrected chi connectivity index (χ2v) is 5.96. The highest BCUT2D eigenvalue weighted by Crippen LogP contribution is 2.33. The summed E-state index contributed by atoms with van der Waals surface area (Å²) in [5.41, 5.74) is -6.81. The summed E-state index contributed by atoms with van der Waals surface area (Å²) >= 11 is -2.84. The first-order valence-electron chi connectivity index (χ1n) is 4.19. The van der Waals surface area contributed by atoms with Gasteiger partial charge in [-0.3, -0.25) is 10.1 Å². The Hall–Kier alpha value is -1.53. The van der Waals surface area contributed by atoms with Crippen molar-refractivity contribution in [3.8, 4) is 0 Å². The average Bonchev–Trinajstić information content (AvgIpc) is 2.26. The molecule has 0 saturated heterocycles. The maximum atomic E-state index is 12.2. The molecular weight excluding hydrogens is 315 g/mol. The van der Waals surface area contributed by atoms with Crippen LogP contribution >= 0.6 is 0 Å². The van der Waals surface area contributed by atoms with Crippen molar-refractivity contribution in [2.24, 2.45) is 0 Å². The van der Waals surface area contributed by atoms with Crippen molar-refractivity contribution in [2.75, 3.05) is 0 Å². The van der Waals surface area contributed by atoms with Crippen molar-refractivity contribution < 1.29 is 35.3 Å². The van der Waals surface area contributed by atoms with E-state index in [1.807, 2.05) is 0 Å². The Morgan fingerprint density at radius 2 is 1.84 bits per heavy atom. The first-order valence-corrected chi connectivity index (χ1v) is 6.78. The number of nitro benzene ring substituents is 1. The summed E-state index contributed by atoms with van der Waals surface area (Å²) in [7, 11) is -5.76. The number of hydrogen-bond donors (Lipinski definition) is 1. The Morgan fingerprint density at radius 3 is 2.21 bits per heavy atom. The smallest absolute Gasteiger partial charge is 0.302 e. The van der Waals surface area contributed by atoms with Crippen LogP contribution in [0.4, 0.5) is 18.9 Å². The van der Waals surface area contributed by atoms with Gasteiger partial charge in [-0.15, -0.1) is 0 Å². The van der Waals surface area contributed by atoms with E-state index in [1.54, 1.807) is 0 Å². The lowest BCUT2D eigenvalue weighted by Gasteiger charge is -2.08. The molecule has 1 aromatic carbocycles. The third-order valence-corrected chi connectivity index (χ3v) is 4.14. The van der Waals surface area contributed by atoms with Crippen LogP contribution in [0.2, 0.25) is 0 Å². The molecule has 1 atom stereocenters. The average molecular weight is 319 g/mol. The van der Waals surface area contributed by atoms with Gasteiger partial charge in [0.1, 0.15) is 4.90 Å². The first kappa shape index (κ1) is 15.5. The lowest BCUT2D eigenvalue weighted by Crippen LogP contribution is -2.23. The number of nitrogens with zero attached hydrogens (tertiary/aromatic N) is 1. The van der Waals surface area contributed by atoms with E-state index in [0.717, 1.165) is 0 Å². The van der Waals surface area contributed by atoms with Crippen molar-refractivity contribution in [1.82, 2.24) is 0 Å². The quantitative estimate of drug-likeness (QED) is 0.512. The van der Waals surface area contributed by atoms with Gasteiger partial charge in [0.25, 0.3) is 15.5 Å². The predicted molar refractivity (Wildman–Crippen MR) is 55.4 cm³/mol. The fourth-order valence-electron chi connectivity index (χ4n) is 1.09. The van der Waals surface area contributed by atoms with Crippen LogP contribution in [0.15, 0.2) is 28.0 Å². The number of alkyl halides is 3. The molecule has 0 radical (unpaired) electrons. The molecule has 0 aliphatic carbocycles. The predicted octanol–water partition coefficient (Wildman–Crippen LogP) is 1.47. The lowest BCUT2D eigenvalue weighted by atomic mass is 10.3. The second kappa shape index (κ2) is 4.86. The monoisotopic (exact) mass is 319 g/mol. The summed E-state index contributed by atoms with van der Waals surface area (Å²) in [6, 6.07) is 0.943. The molecule has 1 rings (SSSR count). The molecule has 0 spiro atoms. The zero-order chi connectivity index (χ0) is 15.0. The minimum absolute atomic E-state index is 0.0896. The third-order valence-electron chi connectivity index (χ3n) is 1.93. The van der Waals surface area contributed by atoms with Gasteiger partial charge < -0.3 is 4.55 Å². The number of halogens is 3. The van der Waals surface area contributed by atoms with Crippen LogP contribution in [0.3, 0.4) is 0 Å². The molecule has 0 bridgehead atoms. The van der Waals surface area contributed by atoms with Crippen molar-refractivity contribution >= 4 is 26.6 Å². The van der Waals surface area contributed by atoms with Crippen LogP contribution in [-0.4, -0.2) is 27.6 Å². The van der Waals surface area contributed by atoms with Gasteiger partial charge >= 0.3 is 5.51 Å². The van der Waals surface area contributed by atoms with Crippen LogP contribution < -0.4 is 0 Å². The van der Waals surface area contributed by atoms with Gasteiger partial charge in [-0.05, 0) is 12.1 Å². The highest BCUT2D eigenvalue weighted by atomic mass is 32.2. The zero-order valence-corrected chi connectivity index (χ0v) is 10.3. The Labute approximate surface area is 106 Å². The molecule has 0 saturated carbocycles. The summed E-state index contributed by atoms with van der Waals surface area (Å²) in [5.74, 6) is 0. The first-order chi connectivity index (χ1) is 8.48. The van der Waals surface area contributed by atoms with E-state index in [9.17, 15) is 35.9 Å². The molecular formula is C7H4F3NO6S2. The highest BCUT2D eigenvalue weighted by molar-refractivity contribution is 7.92. The Kier molecular flexibility index (Phi) is 3.97. The molecule has 1 aromatic rings. The molecule has 106 valence electrons. The van der Waals surface area contributed by atoms with E-state index in [4.69, 9.17) is 4.55 Å². The molecule has 0 fully saturated rings. The van der Waals surface area contributed by atoms with Crippen LogP contribution in [-0.2, 0) is 20.9 Å². The van der Waals surface area contributed by atoms with Gasteiger partial charge in [0.15, 0.2) is 11.1 Å². The molecule has 0 heterocycles. The zero-order valence-electron chi connectivity index (χ0n) is 8.62. The van der Waals surface area contributed by atoms with Crippen molar-refractivity contribution in [3.63, 3.8) is 0 Å². The summed E-state index contributed by atoms with van der Waals surface area (Å²) < 4.78 is 78.2. The molecule has 0 aliphatic heterocycles. The van der Waals surface area contributed by atoms with E-state index in [-0.39, 0.29) is 6.07 Å². The molecule has 0 amide bonds. The van der Waals surface area contributed by atoms with Crippen LogP contribution in [0.5, 0.6) is 0 Å². The second-order valence-electron chi connectivity index (χ2n) is 3.08. The SMILES string of the molecule is O=[N+]([O-])c1cc(S(=O)(=O)C(F)(F)F)ccc1S(=O)O. The van der Waals surface area contributed by atoms with Gasteiger partial charge in [0.05, 0.1) is 9.82 Å². The van der Waals surface area contributed by atoms with Crippen molar-refractivity contribution in [1.29, 1.82) is 0 Å². The molecule has 19 heavy (non-hydrogen) atoms. The summed E-state index contributed by atoms with van der Waals surface area (Å²) in [6.07, 6.45) is 0. The lowest BCUT2D eigenvalue weighted by molar-refractivity contribution is -0.388. The Balaban J connectivity index is 3.57. The molecule has 1 unspecified atom stereocenters. The Bertz CT molecular complexity index is 653. The van der Waals surface area contributed by atoms with E-state index >= 15 is 0 Å². The molecule has 0 aromatic heterocycles. The number of hydrogen-bond acceptors (Lipinski definition) is 5. The van der Waals surface area contributed by atoms with Gasteiger partial charge in [0.2, 0.25) is 0 Å². The van der Waals surface area contributed by atoms with E-state index in [0.29, 0.717) is 12.1 Å². The maximum Gasteiger partial charge on any atom is 0.501 e. The van der Waals surface area contributed by atoms with Crippen LogP contribution in [0.25, 0.3) is 0 Å². The summed E-state index contributed by atoms with van der Waals surface area (Å²) in [6.45, 7) is 0. The highest BCUT2D eigenvalue weighted by Gasteiger charge is 2.47. The van der Waals surface area contributed by atoms with E-state index in [1.165, 1.54) is 0 Å². The Morgan fingerprint density at radius 1 is 1.32 bits per heavy atom. The van der Waals surface area contributed by atoms with E-state index < -0.39 is 46.8 Å². The topological polar surface area (TPSA) is 115 Å². The number of rotatable bonds is 3. The fourth-order valence-corrected chi connectivity index (χ4v) is 2.37. The minimum Gasteiger partial charge on any atom is -0.302 e. The van der Waals surface area contributed by atoms with Gasteiger partial charge in [-0.1, -0.05) is 0 Å². The van der Waals surface area contributed by atoms with E-state index in [2.05, 4.69) is 0 Å². The van der Waals surface area contributed by atoms with Crippen molar-refractivity contribution in [2.45, 2.75) is 15.3 Å². The molecule has 12 heteroatoms. The number of benzene rings is 1. The third kappa shape index (κ3) is 2.90. The van der Waals surface area contributed by atoms with Crippen molar-refractivity contribution in [3.05, 3.63) is 28.3 Å². The van der Waals surface area contributed by atoms with Gasteiger partial charge in [-0.2, -0.15) is 13.2 Å². The minimum atomic E-state index is -5.76. The molecule has 7 nitrogen and oxygen atoms in total.